The van der Waals surface area contributed by atoms with Crippen LogP contribution in [0.3, 0.4) is 0 Å². The van der Waals surface area contributed by atoms with E-state index >= 15 is 0 Å². The van der Waals surface area contributed by atoms with E-state index in [0.29, 0.717) is 50.3 Å². The molecular weight excluding hydrogens is 535 g/mol. The maximum Gasteiger partial charge on any atom is 0.221 e. The molecule has 0 spiro atoms. The van der Waals surface area contributed by atoms with Crippen molar-refractivity contribution >= 4 is 41.5 Å². The minimum Gasteiger partial charge on any atom is -0.492 e. The van der Waals surface area contributed by atoms with Crippen molar-refractivity contribution < 1.29 is 19.0 Å². The van der Waals surface area contributed by atoms with E-state index in [0.717, 1.165) is 23.4 Å². The first-order chi connectivity index (χ1) is 15.5. The molecule has 0 aliphatic heterocycles. The number of aliphatic imine (C=N–C) groups is 1. The number of nitrogens with one attached hydrogen (secondary N) is 3. The van der Waals surface area contributed by atoms with Gasteiger partial charge in [-0.3, -0.25) is 4.79 Å². The molecule has 2 rings (SSSR count). The molecule has 2 aromatic carbocycles. The molecule has 2 aromatic rings. The Morgan fingerprint density at radius 1 is 1.03 bits per heavy atom. The van der Waals surface area contributed by atoms with Crippen LogP contribution in [0.15, 0.2) is 47.5 Å². The molecule has 9 heteroatoms. The van der Waals surface area contributed by atoms with Crippen LogP contribution in [0.4, 0.5) is 5.69 Å². The number of carbonyl (C=O) groups excluding carboxylic acids is 1. The Hall–Kier alpha value is -2.53. The van der Waals surface area contributed by atoms with Crippen molar-refractivity contribution in [3.63, 3.8) is 0 Å². The third kappa shape index (κ3) is 11.2. The summed E-state index contributed by atoms with van der Waals surface area (Å²) in [6.07, 6.45) is 0. The van der Waals surface area contributed by atoms with Crippen LogP contribution in [-0.4, -0.2) is 51.9 Å². The number of amides is 1. The molecule has 0 fully saturated rings. The first-order valence-electron chi connectivity index (χ1n) is 10.8. The monoisotopic (exact) mass is 570 g/mol. The number of aryl methyl sites for hydroxylation is 1. The van der Waals surface area contributed by atoms with Crippen LogP contribution in [0.5, 0.6) is 11.5 Å². The van der Waals surface area contributed by atoms with Gasteiger partial charge >= 0.3 is 0 Å². The average molecular weight is 570 g/mol. The highest BCUT2D eigenvalue weighted by atomic mass is 127. The van der Waals surface area contributed by atoms with Gasteiger partial charge in [0.1, 0.15) is 24.7 Å². The summed E-state index contributed by atoms with van der Waals surface area (Å²) in [5.74, 6) is 2.10. The molecule has 182 valence electrons. The lowest BCUT2D eigenvalue weighted by atomic mass is 10.1. The second kappa shape index (κ2) is 16.1. The van der Waals surface area contributed by atoms with Gasteiger partial charge < -0.3 is 30.2 Å². The lowest BCUT2D eigenvalue weighted by molar-refractivity contribution is -0.114. The van der Waals surface area contributed by atoms with Gasteiger partial charge in [-0.2, -0.15) is 0 Å². The van der Waals surface area contributed by atoms with Gasteiger partial charge in [0.15, 0.2) is 5.96 Å². The molecule has 0 bridgehead atoms. The number of nitrogens with zero attached hydrogens (tertiary/aromatic N) is 1. The Morgan fingerprint density at radius 3 is 2.58 bits per heavy atom. The number of rotatable bonds is 12. The highest BCUT2D eigenvalue weighted by Crippen LogP contribution is 2.21. The number of methoxy groups -OCH3 is 1. The van der Waals surface area contributed by atoms with Crippen molar-refractivity contribution in [1.29, 1.82) is 0 Å². The van der Waals surface area contributed by atoms with Crippen LogP contribution in [-0.2, 0) is 16.1 Å². The van der Waals surface area contributed by atoms with Gasteiger partial charge in [-0.25, -0.2) is 4.99 Å². The summed E-state index contributed by atoms with van der Waals surface area (Å²) in [6, 6.07) is 13.4. The summed E-state index contributed by atoms with van der Waals surface area (Å²) in [5, 5.41) is 9.26. The molecule has 0 saturated heterocycles. The van der Waals surface area contributed by atoms with E-state index in [9.17, 15) is 4.79 Å². The van der Waals surface area contributed by atoms with Crippen molar-refractivity contribution in [2.45, 2.75) is 27.3 Å². The topological polar surface area (TPSA) is 93.2 Å². The number of benzene rings is 2. The van der Waals surface area contributed by atoms with E-state index in [1.807, 2.05) is 44.2 Å². The second-order valence-electron chi connectivity index (χ2n) is 7.13. The van der Waals surface area contributed by atoms with E-state index in [2.05, 4.69) is 27.0 Å². The maximum absolute atomic E-state index is 11.2. The number of guanidine groups is 1. The summed E-state index contributed by atoms with van der Waals surface area (Å²) in [6.45, 7) is 8.81. The van der Waals surface area contributed by atoms with E-state index in [1.165, 1.54) is 6.92 Å². The first kappa shape index (κ1) is 28.5. The van der Waals surface area contributed by atoms with Crippen molar-refractivity contribution in [2.24, 2.45) is 4.99 Å². The van der Waals surface area contributed by atoms with Gasteiger partial charge in [0, 0.05) is 37.9 Å². The lowest BCUT2D eigenvalue weighted by Gasteiger charge is -2.14. The third-order valence-electron chi connectivity index (χ3n) is 4.34. The number of hydrogen-bond donors (Lipinski definition) is 3. The fraction of sp³-hybridized carbons (Fsp3) is 0.417. The van der Waals surface area contributed by atoms with Crippen LogP contribution >= 0.6 is 24.0 Å². The minimum atomic E-state index is -0.115. The Labute approximate surface area is 213 Å². The van der Waals surface area contributed by atoms with Gasteiger partial charge in [0.05, 0.1) is 19.7 Å². The van der Waals surface area contributed by atoms with Crippen molar-refractivity contribution in [3.8, 4) is 11.5 Å². The molecule has 0 aliphatic carbocycles. The van der Waals surface area contributed by atoms with Gasteiger partial charge in [0.25, 0.3) is 0 Å². The number of carbonyl (C=O) groups is 1. The summed E-state index contributed by atoms with van der Waals surface area (Å²) >= 11 is 0. The number of anilines is 1. The summed E-state index contributed by atoms with van der Waals surface area (Å²) < 4.78 is 16.7. The van der Waals surface area contributed by atoms with Crippen LogP contribution in [0, 0.1) is 6.92 Å². The highest BCUT2D eigenvalue weighted by molar-refractivity contribution is 14.0. The Balaban J connectivity index is 0.00000544. The molecule has 0 aliphatic rings. The molecule has 33 heavy (non-hydrogen) atoms. The van der Waals surface area contributed by atoms with Gasteiger partial charge in [-0.1, -0.05) is 18.2 Å². The molecule has 8 nitrogen and oxygen atoms in total. The smallest absolute Gasteiger partial charge is 0.221 e. The fourth-order valence-electron chi connectivity index (χ4n) is 2.87. The quantitative estimate of drug-likeness (QED) is 0.156. The van der Waals surface area contributed by atoms with Crippen molar-refractivity contribution in [3.05, 3.63) is 53.6 Å². The SMILES string of the molecule is CCNC(=NCc1ccc(C)cc1OCCOC)NCCOc1cccc(NC(C)=O)c1.I. The predicted octanol–water partition coefficient (Wildman–Crippen LogP) is 3.73. The van der Waals surface area contributed by atoms with Crippen LogP contribution < -0.4 is 25.4 Å². The summed E-state index contributed by atoms with van der Waals surface area (Å²) in [7, 11) is 1.66. The van der Waals surface area contributed by atoms with Gasteiger partial charge in [-0.15, -0.1) is 24.0 Å². The van der Waals surface area contributed by atoms with Crippen LogP contribution in [0.25, 0.3) is 0 Å². The van der Waals surface area contributed by atoms with Crippen LogP contribution in [0.1, 0.15) is 25.0 Å². The molecule has 0 saturated carbocycles. The fourth-order valence-corrected chi connectivity index (χ4v) is 2.87. The molecule has 0 radical (unpaired) electrons. The van der Waals surface area contributed by atoms with E-state index in [4.69, 9.17) is 14.2 Å². The van der Waals surface area contributed by atoms with Gasteiger partial charge in [0.2, 0.25) is 5.91 Å². The first-order valence-corrected chi connectivity index (χ1v) is 10.8. The number of halogens is 1. The minimum absolute atomic E-state index is 0. The number of hydrogen-bond acceptors (Lipinski definition) is 5. The largest absolute Gasteiger partial charge is 0.492 e. The van der Waals surface area contributed by atoms with E-state index in [1.54, 1.807) is 13.2 Å². The zero-order valence-electron chi connectivity index (χ0n) is 19.8. The molecule has 1 amide bonds. The maximum atomic E-state index is 11.2. The van der Waals surface area contributed by atoms with E-state index < -0.39 is 0 Å². The highest BCUT2D eigenvalue weighted by Gasteiger charge is 2.06. The van der Waals surface area contributed by atoms with Crippen LogP contribution in [0.2, 0.25) is 0 Å². The predicted molar refractivity (Wildman–Crippen MR) is 143 cm³/mol. The van der Waals surface area contributed by atoms with E-state index in [-0.39, 0.29) is 29.9 Å². The van der Waals surface area contributed by atoms with Crippen molar-refractivity contribution in [2.75, 3.05) is 45.3 Å². The molecule has 0 heterocycles. The molecular formula is C24H35IN4O4. The number of ether oxygens (including phenoxy) is 3. The molecule has 0 aromatic heterocycles. The molecule has 0 atom stereocenters. The Morgan fingerprint density at radius 2 is 1.85 bits per heavy atom. The summed E-state index contributed by atoms with van der Waals surface area (Å²) in [4.78, 5) is 15.9. The normalized spacial score (nSPS) is 10.7. The summed E-state index contributed by atoms with van der Waals surface area (Å²) in [5.41, 5.74) is 2.85. The van der Waals surface area contributed by atoms with Crippen molar-refractivity contribution in [1.82, 2.24) is 10.6 Å². The third-order valence-corrected chi connectivity index (χ3v) is 4.34. The zero-order chi connectivity index (χ0) is 23.2. The Kier molecular flexibility index (Phi) is 13.9. The standard InChI is InChI=1S/C24H34N4O4.HI/c1-5-25-24(26-11-12-31-22-8-6-7-21(16-22)28-19(3)29)27-17-20-10-9-18(2)15-23(20)32-14-13-30-4;/h6-10,15-16H,5,11-14,17H2,1-4H3,(H,28,29)(H2,25,26,27);1H. The average Bonchev–Trinajstić information content (AvgIpc) is 2.76. The lowest BCUT2D eigenvalue weighted by Crippen LogP contribution is -2.39. The zero-order valence-corrected chi connectivity index (χ0v) is 22.1. The second-order valence-corrected chi connectivity index (χ2v) is 7.13. The van der Waals surface area contributed by atoms with Gasteiger partial charge in [-0.05, 0) is 37.6 Å². The molecule has 0 unspecified atom stereocenters. The molecule has 3 N–H and O–H groups in total. The Bertz CT molecular complexity index is 893.